The van der Waals surface area contributed by atoms with Crippen LogP contribution < -0.4 is 5.32 Å². The predicted octanol–water partition coefficient (Wildman–Crippen LogP) is 2.42. The molecule has 0 radical (unpaired) electrons. The molecule has 0 atom stereocenters. The largest absolute Gasteiger partial charge is 0.312 e. The summed E-state index contributed by atoms with van der Waals surface area (Å²) in [6, 6.07) is 1.80. The molecule has 0 amide bonds. The molecule has 1 aromatic heterocycles. The summed E-state index contributed by atoms with van der Waals surface area (Å²) in [4.78, 5) is 1.51. The van der Waals surface area contributed by atoms with E-state index in [9.17, 15) is 8.42 Å². The van der Waals surface area contributed by atoms with Crippen LogP contribution in [0.3, 0.4) is 0 Å². The Kier molecular flexibility index (Phi) is 4.35. The summed E-state index contributed by atoms with van der Waals surface area (Å²) < 4.78 is 27.0. The van der Waals surface area contributed by atoms with Crippen LogP contribution in [0.1, 0.15) is 38.5 Å². The highest BCUT2D eigenvalue weighted by molar-refractivity contribution is 7.89. The first-order valence-electron chi connectivity index (χ1n) is 6.69. The fourth-order valence-corrected chi connectivity index (χ4v) is 5.57. The Bertz CT molecular complexity index is 535. The van der Waals surface area contributed by atoms with E-state index in [-0.39, 0.29) is 5.54 Å². The molecule has 19 heavy (non-hydrogen) atoms. The number of hydrogen-bond acceptors (Lipinski definition) is 4. The van der Waals surface area contributed by atoms with Crippen LogP contribution in [0.25, 0.3) is 0 Å². The third kappa shape index (κ3) is 3.02. The van der Waals surface area contributed by atoms with Crippen molar-refractivity contribution in [1.82, 2.24) is 9.62 Å². The van der Waals surface area contributed by atoms with Crippen molar-refractivity contribution >= 4 is 21.4 Å². The van der Waals surface area contributed by atoms with Crippen LogP contribution in [0.5, 0.6) is 0 Å². The molecule has 0 unspecified atom stereocenters. The van der Waals surface area contributed by atoms with Gasteiger partial charge >= 0.3 is 0 Å². The maximum absolute atomic E-state index is 12.6. The van der Waals surface area contributed by atoms with Crippen LogP contribution in [-0.4, -0.2) is 31.4 Å². The van der Waals surface area contributed by atoms with Gasteiger partial charge in [0.05, 0.1) is 4.90 Å². The van der Waals surface area contributed by atoms with Gasteiger partial charge in [-0.25, -0.2) is 8.42 Å². The number of rotatable bonds is 5. The molecule has 4 nitrogen and oxygen atoms in total. The van der Waals surface area contributed by atoms with E-state index in [1.54, 1.807) is 15.8 Å². The molecular weight excluding hydrogens is 280 g/mol. The molecule has 2 rings (SSSR count). The van der Waals surface area contributed by atoms with Crippen molar-refractivity contribution in [2.24, 2.45) is 0 Å². The summed E-state index contributed by atoms with van der Waals surface area (Å²) in [5.41, 5.74) is -0.261. The van der Waals surface area contributed by atoms with Crippen molar-refractivity contribution in [2.45, 2.75) is 50.6 Å². The van der Waals surface area contributed by atoms with Crippen molar-refractivity contribution in [2.75, 3.05) is 13.1 Å². The molecule has 0 bridgehead atoms. The van der Waals surface area contributed by atoms with Crippen molar-refractivity contribution in [3.05, 3.63) is 16.3 Å². The fourth-order valence-electron chi connectivity index (χ4n) is 2.49. The number of nitrogens with zero attached hydrogens (tertiary/aromatic N) is 1. The van der Waals surface area contributed by atoms with Crippen molar-refractivity contribution < 1.29 is 8.42 Å². The molecule has 108 valence electrons. The van der Waals surface area contributed by atoms with Crippen LogP contribution >= 0.6 is 11.3 Å². The van der Waals surface area contributed by atoms with Gasteiger partial charge in [0.15, 0.2) is 0 Å². The Hall–Kier alpha value is -0.430. The molecule has 2 heterocycles. The minimum absolute atomic E-state index is 0.261. The van der Waals surface area contributed by atoms with Crippen LogP contribution in [-0.2, 0) is 16.6 Å². The molecule has 0 aromatic carbocycles. The Balaban J connectivity index is 2.22. The van der Waals surface area contributed by atoms with Gasteiger partial charge in [-0.1, -0.05) is 6.92 Å². The lowest BCUT2D eigenvalue weighted by Gasteiger charge is -2.30. The number of sulfonamides is 1. The first-order valence-corrected chi connectivity index (χ1v) is 9.01. The van der Waals surface area contributed by atoms with E-state index < -0.39 is 10.0 Å². The lowest BCUT2D eigenvalue weighted by molar-refractivity contribution is 0.292. The number of nitrogens with one attached hydrogen (secondary N) is 1. The molecular formula is C13H22N2O2S2. The molecule has 0 saturated carbocycles. The van der Waals surface area contributed by atoms with Crippen LogP contribution in [0.2, 0.25) is 0 Å². The first kappa shape index (κ1) is 15.0. The summed E-state index contributed by atoms with van der Waals surface area (Å²) in [7, 11) is -3.33. The summed E-state index contributed by atoms with van der Waals surface area (Å²) in [6.07, 6.45) is 1.88. The van der Waals surface area contributed by atoms with Gasteiger partial charge in [-0.3, -0.25) is 0 Å². The molecule has 1 aromatic rings. The van der Waals surface area contributed by atoms with Gasteiger partial charge in [0.2, 0.25) is 10.0 Å². The van der Waals surface area contributed by atoms with Gasteiger partial charge in [-0.05, 0) is 39.3 Å². The quantitative estimate of drug-likeness (QED) is 0.909. The average molecular weight is 302 g/mol. The highest BCUT2D eigenvalue weighted by atomic mass is 32.2. The van der Waals surface area contributed by atoms with E-state index >= 15 is 0 Å². The Morgan fingerprint density at radius 2 is 2.21 bits per heavy atom. The van der Waals surface area contributed by atoms with E-state index in [2.05, 4.69) is 5.32 Å². The molecule has 1 aliphatic rings. The summed E-state index contributed by atoms with van der Waals surface area (Å²) >= 11 is 1.51. The van der Waals surface area contributed by atoms with Crippen molar-refractivity contribution in [1.29, 1.82) is 0 Å². The van der Waals surface area contributed by atoms with Gasteiger partial charge < -0.3 is 5.32 Å². The predicted molar refractivity (Wildman–Crippen MR) is 78.9 cm³/mol. The first-order chi connectivity index (χ1) is 8.88. The van der Waals surface area contributed by atoms with E-state index in [1.807, 2.05) is 20.8 Å². The normalized spacial score (nSPS) is 19.9. The zero-order valence-corrected chi connectivity index (χ0v) is 13.4. The van der Waals surface area contributed by atoms with Gasteiger partial charge in [0.1, 0.15) is 0 Å². The number of hydrogen-bond donors (Lipinski definition) is 1. The molecule has 1 saturated heterocycles. The molecule has 1 fully saturated rings. The SMILES string of the molecule is CCNCc1cc(S(=O)(=O)N2CCCC2(C)C)cs1. The van der Waals surface area contributed by atoms with Crippen molar-refractivity contribution in [3.63, 3.8) is 0 Å². The van der Waals surface area contributed by atoms with E-state index in [4.69, 9.17) is 0 Å². The monoisotopic (exact) mass is 302 g/mol. The lowest BCUT2D eigenvalue weighted by atomic mass is 10.0. The van der Waals surface area contributed by atoms with Gasteiger partial charge in [-0.15, -0.1) is 11.3 Å². The molecule has 6 heteroatoms. The Morgan fingerprint density at radius 3 is 2.79 bits per heavy atom. The maximum atomic E-state index is 12.6. The highest BCUT2D eigenvalue weighted by Crippen LogP contribution is 2.35. The Morgan fingerprint density at radius 1 is 1.47 bits per heavy atom. The second-order valence-electron chi connectivity index (χ2n) is 5.52. The third-order valence-electron chi connectivity index (χ3n) is 3.59. The van der Waals surface area contributed by atoms with E-state index in [0.717, 1.165) is 30.8 Å². The van der Waals surface area contributed by atoms with Crippen LogP contribution in [0.4, 0.5) is 0 Å². The third-order valence-corrected chi connectivity index (χ3v) is 6.77. The van der Waals surface area contributed by atoms with Gasteiger partial charge in [0.25, 0.3) is 0 Å². The topological polar surface area (TPSA) is 49.4 Å². The zero-order chi connectivity index (χ0) is 14.1. The number of thiophene rings is 1. The standard InChI is InChI=1S/C13H22N2O2S2/c1-4-14-9-11-8-12(10-18-11)19(16,17)15-7-5-6-13(15,2)3/h8,10,14H,4-7,9H2,1-3H3. The van der Waals surface area contributed by atoms with E-state index in [0.29, 0.717) is 11.4 Å². The van der Waals surface area contributed by atoms with Gasteiger partial charge in [0, 0.05) is 28.9 Å². The lowest BCUT2D eigenvalue weighted by Crippen LogP contribution is -2.42. The van der Waals surface area contributed by atoms with Crippen LogP contribution in [0.15, 0.2) is 16.3 Å². The summed E-state index contributed by atoms with van der Waals surface area (Å²) in [6.45, 7) is 8.30. The summed E-state index contributed by atoms with van der Waals surface area (Å²) in [5, 5.41) is 4.98. The minimum Gasteiger partial charge on any atom is -0.312 e. The molecule has 1 aliphatic heterocycles. The molecule has 0 aliphatic carbocycles. The maximum Gasteiger partial charge on any atom is 0.244 e. The van der Waals surface area contributed by atoms with Crippen LogP contribution in [0, 0.1) is 0 Å². The fraction of sp³-hybridized carbons (Fsp3) is 0.692. The summed E-state index contributed by atoms with van der Waals surface area (Å²) in [5.74, 6) is 0. The highest BCUT2D eigenvalue weighted by Gasteiger charge is 2.41. The average Bonchev–Trinajstić information content (AvgIpc) is 2.92. The zero-order valence-electron chi connectivity index (χ0n) is 11.8. The molecule has 1 N–H and O–H groups in total. The smallest absolute Gasteiger partial charge is 0.244 e. The second-order valence-corrected chi connectivity index (χ2v) is 8.38. The molecule has 0 spiro atoms. The Labute approximate surface area is 119 Å². The van der Waals surface area contributed by atoms with E-state index in [1.165, 1.54) is 11.3 Å². The van der Waals surface area contributed by atoms with Crippen molar-refractivity contribution in [3.8, 4) is 0 Å². The minimum atomic E-state index is -3.33. The van der Waals surface area contributed by atoms with Gasteiger partial charge in [-0.2, -0.15) is 4.31 Å². The second kappa shape index (κ2) is 5.52.